The van der Waals surface area contributed by atoms with E-state index in [1.54, 1.807) is 0 Å². The van der Waals surface area contributed by atoms with E-state index < -0.39 is 0 Å². The second-order valence-corrected chi connectivity index (χ2v) is 9.24. The first-order chi connectivity index (χ1) is 13.8. The Morgan fingerprint density at radius 2 is 1.21 bits per heavy atom. The second kappa shape index (κ2) is 8.19. The number of hydrogen-bond donors (Lipinski definition) is 0. The highest BCUT2D eigenvalue weighted by atomic mass is 16.7. The van der Waals surface area contributed by atoms with Gasteiger partial charge in [0, 0.05) is 51.7 Å². The second-order valence-electron chi connectivity index (χ2n) is 9.24. The average Bonchev–Trinajstić information content (AvgIpc) is 2.92. The van der Waals surface area contributed by atoms with E-state index in [9.17, 15) is 0 Å². The Morgan fingerprint density at radius 3 is 1.69 bits per heavy atom. The monoisotopic (exact) mass is 393 g/mol. The van der Waals surface area contributed by atoms with Crippen LogP contribution in [0.15, 0.2) is 48.8 Å². The number of rotatable bonds is 5. The van der Waals surface area contributed by atoms with Gasteiger partial charge in [0.1, 0.15) is 0 Å². The van der Waals surface area contributed by atoms with E-state index in [2.05, 4.69) is 78.9 Å². The van der Waals surface area contributed by atoms with Crippen LogP contribution in [0.3, 0.4) is 0 Å². The number of piperazine rings is 1. The molecule has 1 aromatic carbocycles. The molecule has 4 rings (SSSR count). The van der Waals surface area contributed by atoms with Gasteiger partial charge in [-0.25, -0.2) is 0 Å². The van der Waals surface area contributed by atoms with Crippen LogP contribution in [0.4, 0.5) is 0 Å². The molecule has 1 aromatic heterocycles. The minimum Gasteiger partial charge on any atom is -0.399 e. The summed E-state index contributed by atoms with van der Waals surface area (Å²) in [7, 11) is -0.286. The summed E-state index contributed by atoms with van der Waals surface area (Å²) in [6.07, 6.45) is 3.75. The van der Waals surface area contributed by atoms with Crippen LogP contribution in [0.5, 0.6) is 0 Å². The molecular weight excluding hydrogens is 361 g/mol. The first kappa shape index (κ1) is 20.5. The fraction of sp³-hybridized carbons (Fsp3) is 0.522. The van der Waals surface area contributed by atoms with Gasteiger partial charge in [0.2, 0.25) is 0 Å². The zero-order valence-corrected chi connectivity index (χ0v) is 18.1. The zero-order valence-electron chi connectivity index (χ0n) is 18.1. The fourth-order valence-electron chi connectivity index (χ4n) is 3.87. The molecule has 0 saturated carbocycles. The van der Waals surface area contributed by atoms with Crippen molar-refractivity contribution in [3.63, 3.8) is 0 Å². The van der Waals surface area contributed by atoms with E-state index in [0.29, 0.717) is 0 Å². The Balaban J connectivity index is 1.28. The maximum atomic E-state index is 6.16. The van der Waals surface area contributed by atoms with E-state index in [0.717, 1.165) is 44.7 Å². The zero-order chi connectivity index (χ0) is 20.5. The smallest absolute Gasteiger partial charge is 0.399 e. The van der Waals surface area contributed by atoms with Crippen LogP contribution < -0.4 is 5.46 Å². The minimum absolute atomic E-state index is 0.286. The Kier molecular flexibility index (Phi) is 5.80. The van der Waals surface area contributed by atoms with E-state index in [1.165, 1.54) is 11.1 Å². The van der Waals surface area contributed by atoms with Crippen molar-refractivity contribution in [2.24, 2.45) is 0 Å². The number of pyridine rings is 1. The minimum atomic E-state index is -0.299. The highest BCUT2D eigenvalue weighted by molar-refractivity contribution is 6.62. The van der Waals surface area contributed by atoms with Crippen molar-refractivity contribution in [3.8, 4) is 0 Å². The van der Waals surface area contributed by atoms with Crippen LogP contribution in [0.1, 0.15) is 38.8 Å². The quantitative estimate of drug-likeness (QED) is 0.731. The average molecular weight is 393 g/mol. The van der Waals surface area contributed by atoms with Gasteiger partial charge in [-0.2, -0.15) is 0 Å². The molecule has 0 aliphatic carbocycles. The van der Waals surface area contributed by atoms with Crippen molar-refractivity contribution in [3.05, 3.63) is 59.9 Å². The summed E-state index contributed by atoms with van der Waals surface area (Å²) in [5, 5.41) is 0. The highest BCUT2D eigenvalue weighted by Crippen LogP contribution is 2.36. The molecule has 0 spiro atoms. The lowest BCUT2D eigenvalue weighted by Gasteiger charge is -2.34. The molecule has 154 valence electrons. The maximum Gasteiger partial charge on any atom is 0.494 e. The lowest BCUT2D eigenvalue weighted by Crippen LogP contribution is -2.45. The van der Waals surface area contributed by atoms with Crippen molar-refractivity contribution < 1.29 is 9.31 Å². The topological polar surface area (TPSA) is 37.8 Å². The van der Waals surface area contributed by atoms with Gasteiger partial charge in [0.05, 0.1) is 11.2 Å². The summed E-state index contributed by atoms with van der Waals surface area (Å²) >= 11 is 0. The number of hydrogen-bond acceptors (Lipinski definition) is 5. The molecular formula is C23H32BN3O2. The molecule has 5 nitrogen and oxygen atoms in total. The van der Waals surface area contributed by atoms with Crippen LogP contribution in [0.2, 0.25) is 0 Å². The summed E-state index contributed by atoms with van der Waals surface area (Å²) in [5.74, 6) is 0. The number of aromatic nitrogens is 1. The maximum absolute atomic E-state index is 6.16. The third-order valence-corrected chi connectivity index (χ3v) is 6.53. The first-order valence-electron chi connectivity index (χ1n) is 10.6. The summed E-state index contributed by atoms with van der Waals surface area (Å²) in [6.45, 7) is 14.8. The van der Waals surface area contributed by atoms with Gasteiger partial charge in [-0.1, -0.05) is 24.3 Å². The Hall–Kier alpha value is -1.73. The SMILES string of the molecule is CC1(C)OB(c2ccc(CN3CCN(Cc4ccncc4)CC3)cc2)OC1(C)C. The van der Waals surface area contributed by atoms with Gasteiger partial charge in [0.15, 0.2) is 0 Å². The van der Waals surface area contributed by atoms with Crippen molar-refractivity contribution in [1.29, 1.82) is 0 Å². The van der Waals surface area contributed by atoms with Gasteiger partial charge in [0.25, 0.3) is 0 Å². The normalized spacial score (nSPS) is 22.1. The molecule has 2 aromatic rings. The molecule has 29 heavy (non-hydrogen) atoms. The van der Waals surface area contributed by atoms with Crippen LogP contribution in [0, 0.1) is 0 Å². The Labute approximate surface area is 175 Å². The summed E-state index contributed by atoms with van der Waals surface area (Å²) in [6, 6.07) is 12.9. The molecule has 2 aliphatic heterocycles. The van der Waals surface area contributed by atoms with Crippen LogP contribution in [-0.4, -0.2) is 59.3 Å². The fourth-order valence-corrected chi connectivity index (χ4v) is 3.87. The number of nitrogens with zero attached hydrogens (tertiary/aromatic N) is 3. The molecule has 0 unspecified atom stereocenters. The van der Waals surface area contributed by atoms with Gasteiger partial charge in [-0.15, -0.1) is 0 Å². The Bertz CT molecular complexity index is 787. The number of benzene rings is 1. The van der Waals surface area contributed by atoms with Gasteiger partial charge < -0.3 is 9.31 Å². The molecule has 0 amide bonds. The molecule has 0 radical (unpaired) electrons. The van der Waals surface area contributed by atoms with Gasteiger partial charge in [-0.3, -0.25) is 14.8 Å². The molecule has 0 bridgehead atoms. The first-order valence-corrected chi connectivity index (χ1v) is 10.6. The van der Waals surface area contributed by atoms with Crippen molar-refractivity contribution in [2.45, 2.75) is 52.0 Å². The van der Waals surface area contributed by atoms with Crippen LogP contribution >= 0.6 is 0 Å². The van der Waals surface area contributed by atoms with Gasteiger partial charge in [-0.05, 0) is 56.4 Å². The summed E-state index contributed by atoms with van der Waals surface area (Å²) in [5.41, 5.74) is 3.17. The molecule has 3 heterocycles. The van der Waals surface area contributed by atoms with Gasteiger partial charge >= 0.3 is 7.12 Å². The third kappa shape index (κ3) is 4.72. The van der Waals surface area contributed by atoms with Crippen molar-refractivity contribution in [2.75, 3.05) is 26.2 Å². The molecule has 6 heteroatoms. The molecule has 2 fully saturated rings. The van der Waals surface area contributed by atoms with Crippen molar-refractivity contribution in [1.82, 2.24) is 14.8 Å². The van der Waals surface area contributed by atoms with E-state index >= 15 is 0 Å². The van der Waals surface area contributed by atoms with E-state index in [1.807, 2.05) is 12.4 Å². The van der Waals surface area contributed by atoms with Crippen LogP contribution in [0.25, 0.3) is 0 Å². The molecule has 0 N–H and O–H groups in total. The largest absolute Gasteiger partial charge is 0.494 e. The standard InChI is InChI=1S/C23H32BN3O2/c1-22(2)23(3,4)29-24(28-22)21-7-5-19(6-8-21)17-26-13-15-27(16-14-26)18-20-9-11-25-12-10-20/h5-12H,13-18H2,1-4H3. The lowest BCUT2D eigenvalue weighted by molar-refractivity contribution is 0.00578. The summed E-state index contributed by atoms with van der Waals surface area (Å²) in [4.78, 5) is 9.16. The Morgan fingerprint density at radius 1 is 0.759 bits per heavy atom. The van der Waals surface area contributed by atoms with Crippen molar-refractivity contribution >= 4 is 12.6 Å². The highest BCUT2D eigenvalue weighted by Gasteiger charge is 2.51. The summed E-state index contributed by atoms with van der Waals surface area (Å²) < 4.78 is 12.3. The van der Waals surface area contributed by atoms with E-state index in [4.69, 9.17) is 9.31 Å². The van der Waals surface area contributed by atoms with Crippen LogP contribution in [-0.2, 0) is 22.4 Å². The lowest BCUT2D eigenvalue weighted by atomic mass is 9.79. The molecule has 2 saturated heterocycles. The van der Waals surface area contributed by atoms with E-state index in [-0.39, 0.29) is 18.3 Å². The predicted octanol–water partition coefficient (Wildman–Crippen LogP) is 2.70. The molecule has 0 atom stereocenters. The predicted molar refractivity (Wildman–Crippen MR) is 117 cm³/mol. The third-order valence-electron chi connectivity index (χ3n) is 6.53. The molecule has 2 aliphatic rings.